The summed E-state index contributed by atoms with van der Waals surface area (Å²) in [6.45, 7) is 8.22. The van der Waals surface area contributed by atoms with Crippen LogP contribution in [0.3, 0.4) is 0 Å². The topological polar surface area (TPSA) is 57.2 Å². The molecule has 3 aromatic carbocycles. The Hall–Kier alpha value is -3.58. The van der Waals surface area contributed by atoms with E-state index in [2.05, 4.69) is 0 Å². The fraction of sp³-hybridized carbons (Fsp3) is 0.321. The zero-order valence-corrected chi connectivity index (χ0v) is 20.8. The average molecular weight is 482 g/mol. The van der Waals surface area contributed by atoms with Gasteiger partial charge in [0.15, 0.2) is 5.75 Å². The number of hydrogen-bond acceptors (Lipinski definition) is 5. The highest BCUT2D eigenvalue weighted by Gasteiger charge is 2.21. The molecule has 0 bridgehead atoms. The monoisotopic (exact) mass is 481 g/mol. The lowest BCUT2D eigenvalue weighted by molar-refractivity contribution is -0.116. The Balaban J connectivity index is 1.91. The maximum Gasteiger partial charge on any atom is 0.224 e. The summed E-state index contributed by atoms with van der Waals surface area (Å²) < 4.78 is 37.4. The third-order valence-electron chi connectivity index (χ3n) is 5.03. The van der Waals surface area contributed by atoms with Gasteiger partial charge in [-0.1, -0.05) is 18.2 Å². The van der Waals surface area contributed by atoms with Crippen LogP contribution in [-0.2, 0) is 16.1 Å². The van der Waals surface area contributed by atoms with Crippen LogP contribution < -0.4 is 19.1 Å². The van der Waals surface area contributed by atoms with Crippen LogP contribution in [0.2, 0.25) is 0 Å². The van der Waals surface area contributed by atoms with Crippen molar-refractivity contribution < 1.29 is 28.1 Å². The van der Waals surface area contributed by atoms with Gasteiger partial charge >= 0.3 is 0 Å². The molecule has 3 rings (SSSR count). The number of carbonyl (C=O) groups excluding carboxylic acids is 1. The zero-order chi connectivity index (χ0) is 25.4. The highest BCUT2D eigenvalue weighted by atomic mass is 19.1. The maximum atomic E-state index is 14.3. The average Bonchev–Trinajstić information content (AvgIpc) is 2.82. The van der Waals surface area contributed by atoms with Crippen LogP contribution in [0.5, 0.6) is 23.0 Å². The molecular weight excluding hydrogens is 449 g/mol. The molecule has 7 heteroatoms. The highest BCUT2D eigenvalue weighted by Crippen LogP contribution is 2.36. The van der Waals surface area contributed by atoms with Crippen LogP contribution in [0, 0.1) is 5.82 Å². The van der Waals surface area contributed by atoms with E-state index in [1.807, 2.05) is 39.0 Å². The number of rotatable bonds is 10. The van der Waals surface area contributed by atoms with Gasteiger partial charge in [0.05, 0.1) is 31.5 Å². The third kappa shape index (κ3) is 7.72. The van der Waals surface area contributed by atoms with Gasteiger partial charge in [-0.25, -0.2) is 4.39 Å². The van der Waals surface area contributed by atoms with Crippen molar-refractivity contribution in [2.75, 3.05) is 25.2 Å². The van der Waals surface area contributed by atoms with Crippen molar-refractivity contribution in [1.29, 1.82) is 0 Å². The lowest BCUT2D eigenvalue weighted by atomic mass is 10.1. The minimum atomic E-state index is -0.479. The molecule has 0 spiro atoms. The van der Waals surface area contributed by atoms with Crippen molar-refractivity contribution in [2.45, 2.75) is 39.8 Å². The van der Waals surface area contributed by atoms with Gasteiger partial charge in [-0.3, -0.25) is 4.79 Å². The molecule has 0 aliphatic heterocycles. The van der Waals surface area contributed by atoms with E-state index in [-0.39, 0.29) is 18.1 Å². The van der Waals surface area contributed by atoms with Gasteiger partial charge in [0, 0.05) is 18.6 Å². The Kier molecular flexibility index (Phi) is 8.71. The van der Waals surface area contributed by atoms with Gasteiger partial charge in [-0.05, 0) is 63.2 Å². The van der Waals surface area contributed by atoms with Crippen LogP contribution in [0.1, 0.15) is 33.3 Å². The largest absolute Gasteiger partial charge is 0.497 e. The summed E-state index contributed by atoms with van der Waals surface area (Å²) in [5.74, 6) is 1.37. The number of carbonyl (C=O) groups is 1. The predicted molar refractivity (Wildman–Crippen MR) is 134 cm³/mol. The second-order valence-electron chi connectivity index (χ2n) is 8.92. The van der Waals surface area contributed by atoms with Crippen molar-refractivity contribution in [3.8, 4) is 23.0 Å². The SMILES string of the molecule is COc1ccc(OCCOC(C)(C)C)c(CN(C(C)=O)c2cc(F)ccc2Oc2ccccc2)c1. The van der Waals surface area contributed by atoms with Crippen molar-refractivity contribution in [3.63, 3.8) is 0 Å². The number of amides is 1. The number of ether oxygens (including phenoxy) is 4. The molecule has 0 atom stereocenters. The number of hydrogen-bond donors (Lipinski definition) is 0. The van der Waals surface area contributed by atoms with E-state index in [1.54, 1.807) is 37.4 Å². The van der Waals surface area contributed by atoms with Crippen molar-refractivity contribution in [1.82, 2.24) is 0 Å². The van der Waals surface area contributed by atoms with Crippen molar-refractivity contribution in [3.05, 3.63) is 78.1 Å². The lowest BCUT2D eigenvalue weighted by Crippen LogP contribution is -2.29. The number of nitrogens with zero attached hydrogens (tertiary/aromatic N) is 1. The second-order valence-corrected chi connectivity index (χ2v) is 8.92. The van der Waals surface area contributed by atoms with Gasteiger partial charge in [0.2, 0.25) is 5.91 Å². The van der Waals surface area contributed by atoms with Gasteiger partial charge in [-0.15, -0.1) is 0 Å². The Morgan fingerprint density at radius 2 is 1.63 bits per heavy atom. The molecule has 0 radical (unpaired) electrons. The van der Waals surface area contributed by atoms with Crippen LogP contribution in [-0.4, -0.2) is 31.8 Å². The fourth-order valence-electron chi connectivity index (χ4n) is 3.39. The maximum absolute atomic E-state index is 14.3. The minimum Gasteiger partial charge on any atom is -0.497 e. The van der Waals surface area contributed by atoms with E-state index >= 15 is 0 Å². The zero-order valence-electron chi connectivity index (χ0n) is 20.8. The predicted octanol–water partition coefficient (Wildman–Crippen LogP) is 6.37. The Morgan fingerprint density at radius 1 is 0.914 bits per heavy atom. The number of anilines is 1. The van der Waals surface area contributed by atoms with Crippen LogP contribution in [0.15, 0.2) is 66.7 Å². The quantitative estimate of drug-likeness (QED) is 0.315. The molecule has 0 aliphatic rings. The summed E-state index contributed by atoms with van der Waals surface area (Å²) in [6.07, 6.45) is 0. The Morgan fingerprint density at radius 3 is 2.29 bits per heavy atom. The lowest BCUT2D eigenvalue weighted by Gasteiger charge is -2.25. The van der Waals surface area contributed by atoms with E-state index in [0.29, 0.717) is 47.5 Å². The fourth-order valence-corrected chi connectivity index (χ4v) is 3.39. The third-order valence-corrected chi connectivity index (χ3v) is 5.03. The molecule has 0 N–H and O–H groups in total. The molecule has 35 heavy (non-hydrogen) atoms. The first-order chi connectivity index (χ1) is 16.7. The van der Waals surface area contributed by atoms with Gasteiger partial charge in [-0.2, -0.15) is 0 Å². The van der Waals surface area contributed by atoms with Gasteiger partial charge in [0.1, 0.15) is 29.7 Å². The summed E-state index contributed by atoms with van der Waals surface area (Å²) in [7, 11) is 1.57. The first kappa shape index (κ1) is 26.0. The molecule has 1 amide bonds. The minimum absolute atomic E-state index is 0.122. The Bertz CT molecular complexity index is 1130. The molecule has 0 heterocycles. The summed E-state index contributed by atoms with van der Waals surface area (Å²) >= 11 is 0. The normalized spacial score (nSPS) is 11.1. The summed E-state index contributed by atoms with van der Waals surface area (Å²) in [5, 5.41) is 0. The number of para-hydroxylation sites is 1. The smallest absolute Gasteiger partial charge is 0.224 e. The molecule has 186 valence electrons. The highest BCUT2D eigenvalue weighted by molar-refractivity contribution is 5.93. The Labute approximate surface area is 206 Å². The molecular formula is C28H32FNO5. The molecule has 0 saturated carbocycles. The van der Waals surface area contributed by atoms with E-state index < -0.39 is 5.82 Å². The number of methoxy groups -OCH3 is 1. The number of halogens is 1. The van der Waals surface area contributed by atoms with E-state index in [1.165, 1.54) is 30.0 Å². The van der Waals surface area contributed by atoms with E-state index in [9.17, 15) is 9.18 Å². The first-order valence-corrected chi connectivity index (χ1v) is 11.4. The molecule has 6 nitrogen and oxygen atoms in total. The molecule has 3 aromatic rings. The van der Waals surface area contributed by atoms with Gasteiger partial charge in [0.25, 0.3) is 0 Å². The molecule has 0 aliphatic carbocycles. The molecule has 0 aromatic heterocycles. The van der Waals surface area contributed by atoms with E-state index in [4.69, 9.17) is 18.9 Å². The summed E-state index contributed by atoms with van der Waals surface area (Å²) in [6, 6.07) is 18.6. The second kappa shape index (κ2) is 11.7. The molecule has 0 fully saturated rings. The van der Waals surface area contributed by atoms with Crippen LogP contribution in [0.25, 0.3) is 0 Å². The number of benzene rings is 3. The summed E-state index contributed by atoms with van der Waals surface area (Å²) in [5.41, 5.74) is 0.737. The molecule has 0 saturated heterocycles. The van der Waals surface area contributed by atoms with E-state index in [0.717, 1.165) is 0 Å². The summed E-state index contributed by atoms with van der Waals surface area (Å²) in [4.78, 5) is 14.2. The van der Waals surface area contributed by atoms with Crippen molar-refractivity contribution in [2.24, 2.45) is 0 Å². The van der Waals surface area contributed by atoms with Crippen LogP contribution >= 0.6 is 0 Å². The first-order valence-electron chi connectivity index (χ1n) is 11.4. The van der Waals surface area contributed by atoms with Crippen molar-refractivity contribution >= 4 is 11.6 Å². The van der Waals surface area contributed by atoms with Gasteiger partial charge < -0.3 is 23.8 Å². The van der Waals surface area contributed by atoms with Crippen LogP contribution in [0.4, 0.5) is 10.1 Å². The molecule has 0 unspecified atom stereocenters. The standard InChI is InChI=1S/C28H32FNO5/c1-20(31)30(25-18-22(29)11-13-27(25)35-23-9-7-6-8-10-23)19-21-17-24(32-5)12-14-26(21)33-15-16-34-28(2,3)4/h6-14,17-18H,15-16,19H2,1-5H3.